The number of anilines is 1. The molecule has 1 N–H and O–H groups in total. The molecule has 2 amide bonds. The second-order valence-electron chi connectivity index (χ2n) is 10.1. The maximum Gasteiger partial charge on any atom is 0.414 e. The van der Waals surface area contributed by atoms with Crippen molar-refractivity contribution in [2.75, 3.05) is 19.1 Å². The predicted octanol–water partition coefficient (Wildman–Crippen LogP) is 4.15. The van der Waals surface area contributed by atoms with E-state index in [0.717, 1.165) is 0 Å². The monoisotopic (exact) mass is 560 g/mol. The van der Waals surface area contributed by atoms with Gasteiger partial charge in [0.2, 0.25) is 0 Å². The van der Waals surface area contributed by atoms with Gasteiger partial charge in [-0.05, 0) is 45.2 Å². The molecule has 0 atom stereocenters. The summed E-state index contributed by atoms with van der Waals surface area (Å²) >= 11 is 6.20. The summed E-state index contributed by atoms with van der Waals surface area (Å²) in [6.07, 6.45) is 1.79. The second kappa shape index (κ2) is 11.0. The number of rotatable bonds is 8. The molecule has 1 aliphatic rings. The smallest absolute Gasteiger partial charge is 0.414 e. The Bertz CT molecular complexity index is 1410. The van der Waals surface area contributed by atoms with E-state index in [4.69, 9.17) is 25.8 Å². The van der Waals surface area contributed by atoms with Gasteiger partial charge >= 0.3 is 11.8 Å². The highest BCUT2D eigenvalue weighted by Gasteiger charge is 2.33. The van der Waals surface area contributed by atoms with Gasteiger partial charge in [-0.1, -0.05) is 17.7 Å². The topological polar surface area (TPSA) is 150 Å². The molecule has 1 aliphatic carbocycles. The zero-order valence-electron chi connectivity index (χ0n) is 22.1. The van der Waals surface area contributed by atoms with Crippen LogP contribution in [0.2, 0.25) is 5.15 Å². The number of nitrogens with zero attached hydrogens (tertiary/aromatic N) is 5. The standard InChI is InChI=1S/C25H29ClN6O7/c1-25(2,3)39-24(34)30(4)18-11-21(26)29-31-19(12-27-22(18)31)23(33)28-15-9-16(10-15)38-13-14-6-7-20(37-5)17(8-14)32(35)36/h6-8,11-12,15-16H,9-10,13H2,1-5H3,(H,28,33). The van der Waals surface area contributed by atoms with Crippen LogP contribution >= 0.6 is 11.6 Å². The van der Waals surface area contributed by atoms with Crippen LogP contribution in [0.15, 0.2) is 30.5 Å². The minimum Gasteiger partial charge on any atom is -0.490 e. The summed E-state index contributed by atoms with van der Waals surface area (Å²) < 4.78 is 17.6. The number of hydrogen-bond acceptors (Lipinski definition) is 9. The Balaban J connectivity index is 1.37. The van der Waals surface area contributed by atoms with E-state index >= 15 is 0 Å². The van der Waals surface area contributed by atoms with Crippen LogP contribution in [-0.4, -0.2) is 63.4 Å². The van der Waals surface area contributed by atoms with E-state index in [1.807, 2.05) is 0 Å². The Morgan fingerprint density at radius 1 is 1.28 bits per heavy atom. The van der Waals surface area contributed by atoms with E-state index in [9.17, 15) is 19.7 Å². The number of carbonyl (C=O) groups excluding carboxylic acids is 2. The number of aromatic nitrogens is 3. The van der Waals surface area contributed by atoms with Crippen molar-refractivity contribution < 1.29 is 28.7 Å². The maximum atomic E-state index is 13.0. The van der Waals surface area contributed by atoms with Gasteiger partial charge in [-0.3, -0.25) is 19.8 Å². The van der Waals surface area contributed by atoms with Gasteiger partial charge in [0.25, 0.3) is 5.91 Å². The molecule has 208 valence electrons. The van der Waals surface area contributed by atoms with Crippen LogP contribution in [0.25, 0.3) is 5.65 Å². The Hall–Kier alpha value is -3.97. The van der Waals surface area contributed by atoms with Crippen LogP contribution in [0.1, 0.15) is 49.7 Å². The molecule has 2 aromatic heterocycles. The third kappa shape index (κ3) is 6.37. The number of halogens is 1. The van der Waals surface area contributed by atoms with Crippen molar-refractivity contribution in [3.63, 3.8) is 0 Å². The number of ether oxygens (including phenoxy) is 3. The first-order valence-corrected chi connectivity index (χ1v) is 12.5. The maximum absolute atomic E-state index is 13.0. The first kappa shape index (κ1) is 28.0. The highest BCUT2D eigenvalue weighted by molar-refractivity contribution is 6.29. The van der Waals surface area contributed by atoms with Gasteiger partial charge in [0, 0.05) is 25.2 Å². The van der Waals surface area contributed by atoms with Gasteiger partial charge in [0.1, 0.15) is 5.60 Å². The minimum atomic E-state index is -0.699. The van der Waals surface area contributed by atoms with Crippen molar-refractivity contribution in [3.8, 4) is 5.75 Å². The predicted molar refractivity (Wildman–Crippen MR) is 141 cm³/mol. The van der Waals surface area contributed by atoms with Gasteiger partial charge in [0.05, 0.1) is 36.6 Å². The third-order valence-electron chi connectivity index (χ3n) is 6.04. The van der Waals surface area contributed by atoms with Crippen LogP contribution in [0.5, 0.6) is 5.75 Å². The van der Waals surface area contributed by atoms with Crippen LogP contribution < -0.4 is 15.0 Å². The fraction of sp³-hybridized carbons (Fsp3) is 0.440. The summed E-state index contributed by atoms with van der Waals surface area (Å²) in [5, 5.41) is 18.4. The number of imidazole rings is 1. The number of hydrogen-bond donors (Lipinski definition) is 1. The molecule has 14 heteroatoms. The highest BCUT2D eigenvalue weighted by Crippen LogP contribution is 2.30. The van der Waals surface area contributed by atoms with E-state index < -0.39 is 22.5 Å². The van der Waals surface area contributed by atoms with Crippen molar-refractivity contribution in [1.82, 2.24) is 19.9 Å². The van der Waals surface area contributed by atoms with Crippen LogP contribution in [0.3, 0.4) is 0 Å². The molecule has 2 heterocycles. The zero-order valence-corrected chi connectivity index (χ0v) is 22.9. The fourth-order valence-electron chi connectivity index (χ4n) is 4.01. The Labute approximate surface area is 229 Å². The molecule has 3 aromatic rings. The lowest BCUT2D eigenvalue weighted by atomic mass is 9.89. The van der Waals surface area contributed by atoms with E-state index in [-0.39, 0.29) is 46.7 Å². The van der Waals surface area contributed by atoms with Gasteiger partial charge in [0.15, 0.2) is 22.2 Å². The lowest BCUT2D eigenvalue weighted by Gasteiger charge is -2.35. The molecule has 13 nitrogen and oxygen atoms in total. The number of amides is 2. The summed E-state index contributed by atoms with van der Waals surface area (Å²) in [6, 6.07) is 6.00. The van der Waals surface area contributed by atoms with Crippen molar-refractivity contribution in [3.05, 3.63) is 57.0 Å². The Morgan fingerprint density at radius 2 is 2.00 bits per heavy atom. The molecular weight excluding hydrogens is 532 g/mol. The van der Waals surface area contributed by atoms with E-state index in [1.54, 1.807) is 26.8 Å². The average molecular weight is 561 g/mol. The quantitative estimate of drug-likeness (QED) is 0.316. The largest absolute Gasteiger partial charge is 0.490 e. The van der Waals surface area contributed by atoms with Crippen LogP contribution in [0, 0.1) is 10.1 Å². The molecule has 0 radical (unpaired) electrons. The molecule has 1 saturated carbocycles. The zero-order chi connectivity index (χ0) is 28.5. The summed E-state index contributed by atoms with van der Waals surface area (Å²) in [6.45, 7) is 5.47. The minimum absolute atomic E-state index is 0.0656. The van der Waals surface area contributed by atoms with Crippen molar-refractivity contribution in [2.45, 2.75) is 58.0 Å². The SMILES string of the molecule is COc1ccc(COC2CC(NC(=O)c3cnc4c(N(C)C(=O)OC(C)(C)C)cc(Cl)nn34)C2)cc1[N+](=O)[O-]. The number of fused-ring (bicyclic) bond motifs is 1. The average Bonchev–Trinajstić information content (AvgIpc) is 3.26. The van der Waals surface area contributed by atoms with Crippen molar-refractivity contribution >= 4 is 40.6 Å². The molecule has 0 bridgehead atoms. The molecular formula is C25H29ClN6O7. The van der Waals surface area contributed by atoms with E-state index in [0.29, 0.717) is 24.1 Å². The number of methoxy groups -OCH3 is 1. The van der Waals surface area contributed by atoms with E-state index in [2.05, 4.69) is 15.4 Å². The third-order valence-corrected chi connectivity index (χ3v) is 6.22. The highest BCUT2D eigenvalue weighted by atomic mass is 35.5. The van der Waals surface area contributed by atoms with Gasteiger partial charge in [-0.25, -0.2) is 14.3 Å². The molecule has 0 spiro atoms. The molecule has 4 rings (SSSR count). The molecule has 0 aliphatic heterocycles. The van der Waals surface area contributed by atoms with Gasteiger partial charge in [-0.15, -0.1) is 0 Å². The first-order valence-electron chi connectivity index (χ1n) is 12.1. The van der Waals surface area contributed by atoms with Crippen LogP contribution in [0.4, 0.5) is 16.2 Å². The Morgan fingerprint density at radius 3 is 2.64 bits per heavy atom. The van der Waals surface area contributed by atoms with Crippen molar-refractivity contribution in [1.29, 1.82) is 0 Å². The van der Waals surface area contributed by atoms with Crippen molar-refractivity contribution in [2.24, 2.45) is 0 Å². The Kier molecular flexibility index (Phi) is 7.93. The van der Waals surface area contributed by atoms with Crippen LogP contribution in [-0.2, 0) is 16.1 Å². The number of nitro benzene ring substituents is 1. The lowest BCUT2D eigenvalue weighted by molar-refractivity contribution is -0.385. The summed E-state index contributed by atoms with van der Waals surface area (Å²) in [5.74, 6) is -0.223. The molecule has 1 fully saturated rings. The summed E-state index contributed by atoms with van der Waals surface area (Å²) in [7, 11) is 2.90. The number of nitro groups is 1. The first-order chi connectivity index (χ1) is 18.4. The number of nitrogens with one attached hydrogen (secondary N) is 1. The molecule has 0 saturated heterocycles. The fourth-order valence-corrected chi connectivity index (χ4v) is 4.19. The van der Waals surface area contributed by atoms with E-state index in [1.165, 1.54) is 48.0 Å². The molecule has 39 heavy (non-hydrogen) atoms. The molecule has 0 unspecified atom stereocenters. The number of benzene rings is 1. The summed E-state index contributed by atoms with van der Waals surface area (Å²) in [4.78, 5) is 41.8. The second-order valence-corrected chi connectivity index (χ2v) is 10.5. The van der Waals surface area contributed by atoms with Gasteiger partial charge in [-0.2, -0.15) is 5.10 Å². The normalized spacial score (nSPS) is 16.9. The summed E-state index contributed by atoms with van der Waals surface area (Å²) in [5.41, 5.74) is 0.577. The molecule has 1 aromatic carbocycles. The lowest BCUT2D eigenvalue weighted by Crippen LogP contribution is -2.48. The van der Waals surface area contributed by atoms with Gasteiger partial charge < -0.3 is 19.5 Å². The number of carbonyl (C=O) groups is 2.